The third kappa shape index (κ3) is 3.40. The van der Waals surface area contributed by atoms with Crippen LogP contribution in [0.5, 0.6) is 0 Å². The van der Waals surface area contributed by atoms with Gasteiger partial charge in [0.2, 0.25) is 11.8 Å². The quantitative estimate of drug-likeness (QED) is 0.907. The zero-order valence-corrected chi connectivity index (χ0v) is 14.1. The third-order valence-corrected chi connectivity index (χ3v) is 4.71. The van der Waals surface area contributed by atoms with Crippen molar-refractivity contribution in [1.82, 2.24) is 10.3 Å². The lowest BCUT2D eigenvalue weighted by Gasteiger charge is -2.17. The van der Waals surface area contributed by atoms with Crippen LogP contribution < -0.4 is 10.6 Å². The second-order valence-corrected chi connectivity index (χ2v) is 6.53. The molecule has 3 rings (SSSR count). The molecule has 1 unspecified atom stereocenters. The van der Waals surface area contributed by atoms with E-state index >= 15 is 0 Å². The van der Waals surface area contributed by atoms with Crippen molar-refractivity contribution < 1.29 is 9.59 Å². The van der Waals surface area contributed by atoms with Crippen molar-refractivity contribution in [3.05, 3.63) is 36.0 Å². The van der Waals surface area contributed by atoms with Crippen molar-refractivity contribution in [2.24, 2.45) is 5.92 Å². The summed E-state index contributed by atoms with van der Waals surface area (Å²) in [5.74, 6) is -0.161. The summed E-state index contributed by atoms with van der Waals surface area (Å²) in [6.07, 6.45) is 5.79. The van der Waals surface area contributed by atoms with E-state index in [1.807, 2.05) is 31.2 Å². The molecule has 1 aromatic carbocycles. The Labute approximate surface area is 141 Å². The third-order valence-electron chi connectivity index (χ3n) is 4.71. The van der Waals surface area contributed by atoms with E-state index in [0.717, 1.165) is 47.8 Å². The number of hydrogen-bond donors (Lipinski definition) is 2. The Kier molecular flexibility index (Phi) is 4.79. The molecule has 5 heteroatoms. The van der Waals surface area contributed by atoms with Crippen LogP contribution in [-0.2, 0) is 9.59 Å². The fraction of sp³-hybridized carbons (Fsp3) is 0.421. The van der Waals surface area contributed by atoms with Crippen LogP contribution in [0.4, 0.5) is 5.69 Å². The summed E-state index contributed by atoms with van der Waals surface area (Å²) in [5.41, 5.74) is 2.65. The molecule has 0 aliphatic heterocycles. The number of nitrogens with one attached hydrogen (secondary N) is 2. The Hall–Kier alpha value is -2.43. The molecule has 2 amide bonds. The number of nitrogens with zero attached hydrogens (tertiary/aromatic N) is 1. The highest BCUT2D eigenvalue weighted by atomic mass is 16.2. The molecule has 1 heterocycles. The molecule has 0 radical (unpaired) electrons. The highest BCUT2D eigenvalue weighted by molar-refractivity contribution is 6.04. The molecule has 0 bridgehead atoms. The Bertz CT molecular complexity index is 766. The second-order valence-electron chi connectivity index (χ2n) is 6.53. The molecule has 1 aliphatic rings. The van der Waals surface area contributed by atoms with Gasteiger partial charge in [-0.05, 0) is 50.5 Å². The standard InChI is InChI=1S/C19H23N3O2/c1-12-9-10-16(15-8-5-11-20-17(12)15)22-18(23)13(2)21-19(24)14-6-3-4-7-14/h5,8-11,13-14H,3-4,6-7H2,1-2H3,(H,21,24)(H,22,23). The van der Waals surface area contributed by atoms with Gasteiger partial charge in [0.15, 0.2) is 0 Å². The van der Waals surface area contributed by atoms with Gasteiger partial charge in [-0.3, -0.25) is 14.6 Å². The first-order valence-electron chi connectivity index (χ1n) is 8.52. The number of anilines is 1. The van der Waals surface area contributed by atoms with Crippen molar-refractivity contribution in [3.8, 4) is 0 Å². The van der Waals surface area contributed by atoms with Gasteiger partial charge in [-0.25, -0.2) is 0 Å². The van der Waals surface area contributed by atoms with Gasteiger partial charge in [0.1, 0.15) is 6.04 Å². The summed E-state index contributed by atoms with van der Waals surface area (Å²) in [5, 5.41) is 6.65. The van der Waals surface area contributed by atoms with E-state index in [0.29, 0.717) is 0 Å². The summed E-state index contributed by atoms with van der Waals surface area (Å²) in [6.45, 7) is 3.71. The molecule has 24 heavy (non-hydrogen) atoms. The number of carbonyl (C=O) groups excluding carboxylic acids is 2. The van der Waals surface area contributed by atoms with Gasteiger partial charge in [0, 0.05) is 17.5 Å². The highest BCUT2D eigenvalue weighted by Crippen LogP contribution is 2.26. The van der Waals surface area contributed by atoms with E-state index in [1.165, 1.54) is 0 Å². The molecule has 2 aromatic rings. The fourth-order valence-electron chi connectivity index (χ4n) is 3.25. The summed E-state index contributed by atoms with van der Waals surface area (Å²) < 4.78 is 0. The average Bonchev–Trinajstić information content (AvgIpc) is 3.12. The van der Waals surface area contributed by atoms with Crippen LogP contribution in [0.15, 0.2) is 30.5 Å². The van der Waals surface area contributed by atoms with Crippen molar-refractivity contribution in [2.45, 2.75) is 45.6 Å². The van der Waals surface area contributed by atoms with Gasteiger partial charge in [-0.15, -0.1) is 0 Å². The Morgan fingerprint density at radius 2 is 1.96 bits per heavy atom. The number of aryl methyl sites for hydroxylation is 1. The molecule has 1 fully saturated rings. The summed E-state index contributed by atoms with van der Waals surface area (Å²) in [7, 11) is 0. The monoisotopic (exact) mass is 325 g/mol. The maximum atomic E-state index is 12.4. The first-order chi connectivity index (χ1) is 11.6. The first-order valence-corrected chi connectivity index (χ1v) is 8.52. The molecular formula is C19H23N3O2. The van der Waals surface area contributed by atoms with Gasteiger partial charge >= 0.3 is 0 Å². The van der Waals surface area contributed by atoms with Gasteiger partial charge in [0.25, 0.3) is 0 Å². The number of amides is 2. The summed E-state index contributed by atoms with van der Waals surface area (Å²) in [4.78, 5) is 29.0. The lowest BCUT2D eigenvalue weighted by Crippen LogP contribution is -2.43. The van der Waals surface area contributed by atoms with E-state index in [-0.39, 0.29) is 17.7 Å². The smallest absolute Gasteiger partial charge is 0.246 e. The van der Waals surface area contributed by atoms with Crippen LogP contribution in [0.25, 0.3) is 10.9 Å². The van der Waals surface area contributed by atoms with Gasteiger partial charge in [-0.1, -0.05) is 18.9 Å². The predicted octanol–water partition coefficient (Wildman–Crippen LogP) is 3.18. The van der Waals surface area contributed by atoms with Crippen molar-refractivity contribution >= 4 is 28.4 Å². The van der Waals surface area contributed by atoms with Crippen LogP contribution >= 0.6 is 0 Å². The molecule has 1 saturated carbocycles. The van der Waals surface area contributed by atoms with E-state index in [2.05, 4.69) is 15.6 Å². The largest absolute Gasteiger partial charge is 0.344 e. The average molecular weight is 325 g/mol. The van der Waals surface area contributed by atoms with Crippen LogP contribution in [0.3, 0.4) is 0 Å². The molecule has 126 valence electrons. The minimum absolute atomic E-state index is 0.00872. The Morgan fingerprint density at radius 3 is 2.71 bits per heavy atom. The lowest BCUT2D eigenvalue weighted by molar-refractivity contribution is -0.128. The van der Waals surface area contributed by atoms with Crippen molar-refractivity contribution in [2.75, 3.05) is 5.32 Å². The molecule has 1 atom stereocenters. The maximum Gasteiger partial charge on any atom is 0.246 e. The number of aromatic nitrogens is 1. The second kappa shape index (κ2) is 6.99. The molecule has 1 aliphatic carbocycles. The fourth-order valence-corrected chi connectivity index (χ4v) is 3.25. The number of pyridine rings is 1. The number of benzene rings is 1. The van der Waals surface area contributed by atoms with Crippen molar-refractivity contribution in [3.63, 3.8) is 0 Å². The maximum absolute atomic E-state index is 12.4. The van der Waals surface area contributed by atoms with Crippen LogP contribution in [0.1, 0.15) is 38.2 Å². The Morgan fingerprint density at radius 1 is 1.21 bits per heavy atom. The summed E-state index contributed by atoms with van der Waals surface area (Å²) in [6, 6.07) is 7.04. The topological polar surface area (TPSA) is 71.1 Å². The SMILES string of the molecule is Cc1ccc(NC(=O)C(C)NC(=O)C2CCCC2)c2cccnc12. The van der Waals surface area contributed by atoms with Crippen LogP contribution in [-0.4, -0.2) is 22.8 Å². The van der Waals surface area contributed by atoms with E-state index in [4.69, 9.17) is 0 Å². The summed E-state index contributed by atoms with van der Waals surface area (Å²) >= 11 is 0. The molecule has 0 spiro atoms. The van der Waals surface area contributed by atoms with E-state index < -0.39 is 6.04 Å². The van der Waals surface area contributed by atoms with Crippen molar-refractivity contribution in [1.29, 1.82) is 0 Å². The van der Waals surface area contributed by atoms with E-state index in [9.17, 15) is 9.59 Å². The number of carbonyl (C=O) groups is 2. The molecule has 0 saturated heterocycles. The Balaban J connectivity index is 1.70. The zero-order chi connectivity index (χ0) is 17.1. The molecule has 5 nitrogen and oxygen atoms in total. The van der Waals surface area contributed by atoms with Gasteiger partial charge in [-0.2, -0.15) is 0 Å². The van der Waals surface area contributed by atoms with E-state index in [1.54, 1.807) is 13.1 Å². The van der Waals surface area contributed by atoms with Crippen LogP contribution in [0, 0.1) is 12.8 Å². The first kappa shape index (κ1) is 16.4. The number of rotatable bonds is 4. The highest BCUT2D eigenvalue weighted by Gasteiger charge is 2.25. The zero-order valence-electron chi connectivity index (χ0n) is 14.1. The van der Waals surface area contributed by atoms with Gasteiger partial charge in [0.05, 0.1) is 11.2 Å². The predicted molar refractivity (Wildman–Crippen MR) is 94.7 cm³/mol. The molecule has 1 aromatic heterocycles. The molecular weight excluding hydrogens is 302 g/mol. The lowest BCUT2D eigenvalue weighted by atomic mass is 10.1. The van der Waals surface area contributed by atoms with Crippen LogP contribution in [0.2, 0.25) is 0 Å². The minimum atomic E-state index is -0.564. The van der Waals surface area contributed by atoms with Gasteiger partial charge < -0.3 is 10.6 Å². The number of fused-ring (bicyclic) bond motifs is 1. The molecule has 2 N–H and O–H groups in total. The minimum Gasteiger partial charge on any atom is -0.344 e. The number of hydrogen-bond acceptors (Lipinski definition) is 3. The normalized spacial score (nSPS) is 16.1.